The van der Waals surface area contributed by atoms with E-state index < -0.39 is 12.2 Å². The Labute approximate surface area is 444 Å². The summed E-state index contributed by atoms with van der Waals surface area (Å²) >= 11 is 0. The van der Waals surface area contributed by atoms with Gasteiger partial charge in [-0.3, -0.25) is 4.79 Å². The fourth-order valence-corrected chi connectivity index (χ4v) is 10.2. The average Bonchev–Trinajstić information content (AvgIpc) is 4.17. The van der Waals surface area contributed by atoms with Crippen LogP contribution >= 0.6 is 0 Å². The standard InChI is InChI=1S/C28H41N5O4.C26H37N5O5.C2H6/c1-20-25(30-22-7-12-36-17-22)31-26(21-5-3-6-24(15-21)37-18-23(34)16-29-2)32-27(20)33-11-4-8-28(19-33)9-13-35-14-10-28;1-17-23(26(33)31(3)20-8-11-34-12-9-20)29-25(30-24(17)28-19-7-10-35-15-19)18-5-4-6-22(13-18)36-16-21(32)14-27-2;1-2/h3,5-6,15,22-23,29,34H,4,7-14,16-19H2,1-2H3,(H,30,31,32);4-6,13,19-21,27,32H,7-12,14-16H2,1-3H3,(H,28,29,30);1-2H3. The molecule has 5 aliphatic rings. The first-order chi connectivity index (χ1) is 36.5. The maximum absolute atomic E-state index is 13.6. The Bertz CT molecular complexity index is 2390. The molecule has 0 radical (unpaired) electrons. The minimum Gasteiger partial charge on any atom is -0.491 e. The van der Waals surface area contributed by atoms with E-state index in [1.807, 2.05) is 83.4 Å². The van der Waals surface area contributed by atoms with Crippen molar-refractivity contribution in [2.75, 3.05) is 129 Å². The molecule has 4 aromatic rings. The third kappa shape index (κ3) is 15.9. The summed E-state index contributed by atoms with van der Waals surface area (Å²) in [5.74, 6) is 4.78. The molecule has 7 heterocycles. The molecule has 4 unspecified atom stereocenters. The monoisotopic (exact) mass is 1040 g/mol. The largest absolute Gasteiger partial charge is 0.491 e. The number of carbonyl (C=O) groups is 1. The lowest BCUT2D eigenvalue weighted by Crippen LogP contribution is -2.46. The van der Waals surface area contributed by atoms with Gasteiger partial charge < -0.3 is 69.7 Å². The smallest absolute Gasteiger partial charge is 0.272 e. The first-order valence-electron chi connectivity index (χ1n) is 27.3. The Kier molecular flexibility index (Phi) is 22.0. The van der Waals surface area contributed by atoms with E-state index in [2.05, 4.69) is 33.1 Å². The molecule has 412 valence electrons. The highest BCUT2D eigenvalue weighted by molar-refractivity contribution is 5.95. The summed E-state index contributed by atoms with van der Waals surface area (Å²) in [6.07, 6.45) is 6.92. The summed E-state index contributed by atoms with van der Waals surface area (Å²) in [6, 6.07) is 15.7. The first-order valence-corrected chi connectivity index (χ1v) is 27.3. The highest BCUT2D eigenvalue weighted by Crippen LogP contribution is 2.42. The van der Waals surface area contributed by atoms with Gasteiger partial charge in [-0.05, 0) is 109 Å². The summed E-state index contributed by atoms with van der Waals surface area (Å²) in [5.41, 5.74) is 4.11. The summed E-state index contributed by atoms with van der Waals surface area (Å²) in [4.78, 5) is 37.6. The summed E-state index contributed by atoms with van der Waals surface area (Å²) in [7, 11) is 5.42. The number of likely N-dealkylation sites (N-methyl/N-ethyl adjacent to an activating group) is 2. The minimum atomic E-state index is -0.622. The van der Waals surface area contributed by atoms with Crippen molar-refractivity contribution in [2.45, 2.75) is 109 Å². The molecule has 0 saturated carbocycles. The van der Waals surface area contributed by atoms with Crippen LogP contribution in [0.4, 0.5) is 17.5 Å². The van der Waals surface area contributed by atoms with Gasteiger partial charge in [-0.15, -0.1) is 0 Å². The van der Waals surface area contributed by atoms with Crippen molar-refractivity contribution in [3.8, 4) is 34.3 Å². The molecule has 1 amide bonds. The van der Waals surface area contributed by atoms with Crippen LogP contribution in [0.15, 0.2) is 48.5 Å². The van der Waals surface area contributed by atoms with Crippen LogP contribution in [0, 0.1) is 19.3 Å². The normalized spacial score (nSPS) is 20.3. The SMILES string of the molecule is CC.CNCC(O)COc1cccc(-c2nc(NC3CCOC3)c(C)c(C(=O)N(C)C3CCOCC3)n2)c1.CNCC(O)COc1cccc(-c2nc(NC3CCOC3)c(C)c(N3CCCC4(CCOCC4)C3)n2)c1. The second-order valence-electron chi connectivity index (χ2n) is 20.1. The van der Waals surface area contributed by atoms with Crippen molar-refractivity contribution in [3.05, 3.63) is 65.4 Å². The Morgan fingerprint density at radius 2 is 1.24 bits per heavy atom. The minimum absolute atomic E-state index is 0.115. The Balaban J connectivity index is 0.000000212. The second kappa shape index (κ2) is 28.8. The quantitative estimate of drug-likeness (QED) is 0.0644. The van der Waals surface area contributed by atoms with Crippen molar-refractivity contribution in [1.82, 2.24) is 35.5 Å². The molecule has 0 aliphatic carbocycles. The van der Waals surface area contributed by atoms with Crippen molar-refractivity contribution >= 4 is 23.4 Å². The molecule has 75 heavy (non-hydrogen) atoms. The van der Waals surface area contributed by atoms with Crippen LogP contribution in [0.3, 0.4) is 0 Å². The highest BCUT2D eigenvalue weighted by atomic mass is 16.5. The second-order valence-corrected chi connectivity index (χ2v) is 20.1. The number of hydrogen-bond acceptors (Lipinski definition) is 18. The number of hydrogen-bond donors (Lipinski definition) is 6. The predicted molar refractivity (Wildman–Crippen MR) is 292 cm³/mol. The van der Waals surface area contributed by atoms with Gasteiger partial charge in [0.2, 0.25) is 0 Å². The average molecular weight is 1040 g/mol. The molecule has 4 atom stereocenters. The fourth-order valence-electron chi connectivity index (χ4n) is 10.2. The fraction of sp³-hybridized carbons (Fsp3) is 0.625. The molecule has 2 aromatic heterocycles. The van der Waals surface area contributed by atoms with Crippen LogP contribution in [0.5, 0.6) is 11.5 Å². The van der Waals surface area contributed by atoms with Gasteiger partial charge in [-0.1, -0.05) is 38.1 Å². The van der Waals surface area contributed by atoms with Gasteiger partial charge >= 0.3 is 0 Å². The lowest BCUT2D eigenvalue weighted by atomic mass is 9.74. The summed E-state index contributed by atoms with van der Waals surface area (Å²) < 4.78 is 33.9. The zero-order valence-corrected chi connectivity index (χ0v) is 45.5. The molecular weight excluding hydrogens is 957 g/mol. The third-order valence-electron chi connectivity index (χ3n) is 14.5. The Morgan fingerprint density at radius 1 is 0.720 bits per heavy atom. The van der Waals surface area contributed by atoms with Crippen LogP contribution < -0.4 is 35.6 Å². The zero-order valence-electron chi connectivity index (χ0n) is 45.5. The van der Waals surface area contributed by atoms with E-state index in [-0.39, 0.29) is 37.2 Å². The maximum atomic E-state index is 13.6. The maximum Gasteiger partial charge on any atom is 0.272 e. The van der Waals surface area contributed by atoms with Crippen LogP contribution in [0.1, 0.15) is 86.8 Å². The number of aliphatic hydroxyl groups excluding tert-OH is 2. The molecule has 6 N–H and O–H groups in total. The zero-order chi connectivity index (χ0) is 53.2. The van der Waals surface area contributed by atoms with Gasteiger partial charge in [0.05, 0.1) is 25.3 Å². The van der Waals surface area contributed by atoms with E-state index in [9.17, 15) is 15.0 Å². The molecule has 9 rings (SSSR count). The van der Waals surface area contributed by atoms with Crippen LogP contribution in [-0.2, 0) is 18.9 Å². The molecular formula is C56H84N10O9. The molecule has 5 saturated heterocycles. The van der Waals surface area contributed by atoms with Crippen molar-refractivity contribution in [1.29, 1.82) is 0 Å². The molecule has 5 fully saturated rings. The van der Waals surface area contributed by atoms with Crippen LogP contribution in [0.2, 0.25) is 0 Å². The van der Waals surface area contributed by atoms with Gasteiger partial charge in [0, 0.05) is 101 Å². The van der Waals surface area contributed by atoms with Crippen molar-refractivity contribution < 1.29 is 43.4 Å². The number of carbonyl (C=O) groups excluding carboxylic acids is 1. The summed E-state index contributed by atoms with van der Waals surface area (Å²) in [6.45, 7) is 17.1. The molecule has 19 nitrogen and oxygen atoms in total. The van der Waals surface area contributed by atoms with Crippen molar-refractivity contribution in [3.63, 3.8) is 0 Å². The Morgan fingerprint density at radius 3 is 1.77 bits per heavy atom. The van der Waals surface area contributed by atoms with E-state index in [4.69, 9.17) is 48.4 Å². The van der Waals surface area contributed by atoms with E-state index in [1.54, 1.807) is 11.9 Å². The van der Waals surface area contributed by atoms with Crippen molar-refractivity contribution in [2.24, 2.45) is 5.41 Å². The third-order valence-corrected chi connectivity index (χ3v) is 14.5. The number of anilines is 3. The van der Waals surface area contributed by atoms with Gasteiger partial charge in [-0.2, -0.15) is 0 Å². The number of rotatable bonds is 19. The molecule has 5 aliphatic heterocycles. The number of aliphatic hydroxyl groups is 2. The predicted octanol–water partition coefficient (Wildman–Crippen LogP) is 5.90. The summed E-state index contributed by atoms with van der Waals surface area (Å²) in [5, 5.41) is 33.0. The van der Waals surface area contributed by atoms with E-state index >= 15 is 0 Å². The Hall–Kier alpha value is -5.25. The molecule has 2 aromatic carbocycles. The molecule has 19 heteroatoms. The molecule has 1 spiro atoms. The first kappa shape index (κ1) is 57.5. The number of nitrogens with one attached hydrogen (secondary N) is 4. The van der Waals surface area contributed by atoms with Gasteiger partial charge in [0.15, 0.2) is 11.6 Å². The number of amides is 1. The molecule has 0 bridgehead atoms. The number of piperidine rings is 1. The van der Waals surface area contributed by atoms with E-state index in [1.165, 1.54) is 6.42 Å². The number of benzene rings is 2. The topological polar surface area (TPSA) is 219 Å². The van der Waals surface area contributed by atoms with Crippen LogP contribution in [-0.4, -0.2) is 185 Å². The van der Waals surface area contributed by atoms with Gasteiger partial charge in [-0.25, -0.2) is 19.9 Å². The lowest BCUT2D eigenvalue weighted by molar-refractivity contribution is 0.00745. The van der Waals surface area contributed by atoms with Gasteiger partial charge in [0.25, 0.3) is 5.91 Å². The number of aromatic nitrogens is 4. The van der Waals surface area contributed by atoms with Gasteiger partial charge in [0.1, 0.15) is 60.1 Å². The number of ether oxygens (including phenoxy) is 6. The lowest BCUT2D eigenvalue weighted by Gasteiger charge is -2.46. The van der Waals surface area contributed by atoms with Crippen LogP contribution in [0.25, 0.3) is 22.8 Å². The van der Waals surface area contributed by atoms with E-state index in [0.717, 1.165) is 112 Å². The number of nitrogens with zero attached hydrogens (tertiary/aromatic N) is 6. The van der Waals surface area contributed by atoms with E-state index in [0.29, 0.717) is 86.2 Å². The highest BCUT2D eigenvalue weighted by Gasteiger charge is 2.38.